The molecule has 0 spiro atoms. The number of methoxy groups -OCH3 is 1. The van der Waals surface area contributed by atoms with Crippen LogP contribution in [0.3, 0.4) is 0 Å². The van der Waals surface area contributed by atoms with E-state index in [4.69, 9.17) is 0 Å². The number of benzene rings is 1. The fourth-order valence-electron chi connectivity index (χ4n) is 2.83. The number of piperazine rings is 1. The lowest BCUT2D eigenvalue weighted by Crippen LogP contribution is -2.57. The molecule has 9 nitrogen and oxygen atoms in total. The second-order valence-corrected chi connectivity index (χ2v) is 8.22. The lowest BCUT2D eigenvalue weighted by molar-refractivity contribution is -0.145. The molecule has 2 N–H and O–H groups in total. The first-order valence-corrected chi connectivity index (χ1v) is 10.1. The summed E-state index contributed by atoms with van der Waals surface area (Å²) in [7, 11) is -2.39. The van der Waals surface area contributed by atoms with Crippen molar-refractivity contribution in [1.82, 2.24) is 14.9 Å². The molecule has 0 bridgehead atoms. The summed E-state index contributed by atoms with van der Waals surface area (Å²) in [4.78, 5) is 37.8. The largest absolute Gasteiger partial charge is 0.469 e. The van der Waals surface area contributed by atoms with Gasteiger partial charge < -0.3 is 15.0 Å². The van der Waals surface area contributed by atoms with Crippen molar-refractivity contribution in [3.63, 3.8) is 0 Å². The van der Waals surface area contributed by atoms with Crippen LogP contribution in [0, 0.1) is 0 Å². The Bertz CT molecular complexity index is 848. The minimum atomic E-state index is -3.60. The van der Waals surface area contributed by atoms with Gasteiger partial charge in [-0.05, 0) is 37.1 Å². The predicted octanol–water partition coefficient (Wildman–Crippen LogP) is -0.369. The number of rotatable bonds is 6. The Hall–Kier alpha value is -2.46. The van der Waals surface area contributed by atoms with Crippen LogP contribution in [0.15, 0.2) is 29.2 Å². The summed E-state index contributed by atoms with van der Waals surface area (Å²) in [6.45, 7) is 0.523. The number of carbonyl (C=O) groups is 3. The summed E-state index contributed by atoms with van der Waals surface area (Å²) >= 11 is 0. The molecule has 146 valence electrons. The van der Waals surface area contributed by atoms with E-state index >= 15 is 0 Å². The van der Waals surface area contributed by atoms with Crippen LogP contribution in [0.4, 0.5) is 0 Å². The third-order valence-corrected chi connectivity index (χ3v) is 6.03. The molecule has 1 saturated heterocycles. The van der Waals surface area contributed by atoms with Gasteiger partial charge in [0.15, 0.2) is 0 Å². The molecule has 1 aromatic rings. The van der Waals surface area contributed by atoms with Crippen LogP contribution in [0.2, 0.25) is 0 Å². The maximum atomic E-state index is 12.8. The molecule has 1 atom stereocenters. The van der Waals surface area contributed by atoms with Gasteiger partial charge in [0.2, 0.25) is 15.9 Å². The molecule has 1 heterocycles. The molecule has 27 heavy (non-hydrogen) atoms. The second kappa shape index (κ2) is 7.65. The molecule has 10 heteroatoms. The highest BCUT2D eigenvalue weighted by Gasteiger charge is 2.35. The van der Waals surface area contributed by atoms with Crippen LogP contribution in [-0.2, 0) is 24.3 Å². The van der Waals surface area contributed by atoms with Gasteiger partial charge in [-0.1, -0.05) is 0 Å². The van der Waals surface area contributed by atoms with E-state index < -0.39 is 33.8 Å². The Morgan fingerprint density at radius 3 is 2.52 bits per heavy atom. The molecule has 1 aromatic carbocycles. The van der Waals surface area contributed by atoms with E-state index in [2.05, 4.69) is 14.8 Å². The second-order valence-electron chi connectivity index (χ2n) is 6.51. The van der Waals surface area contributed by atoms with Gasteiger partial charge in [-0.15, -0.1) is 0 Å². The highest BCUT2D eigenvalue weighted by Crippen LogP contribution is 2.23. The van der Waals surface area contributed by atoms with E-state index in [1.54, 1.807) is 0 Å². The Morgan fingerprint density at radius 2 is 1.93 bits per heavy atom. The molecule has 1 unspecified atom stereocenters. The first-order chi connectivity index (χ1) is 12.8. The Balaban J connectivity index is 1.77. The zero-order valence-corrected chi connectivity index (χ0v) is 15.6. The van der Waals surface area contributed by atoms with Crippen LogP contribution in [-0.4, -0.2) is 63.4 Å². The lowest BCUT2D eigenvalue weighted by atomic mass is 10.1. The summed E-state index contributed by atoms with van der Waals surface area (Å²) < 4.78 is 31.6. The van der Waals surface area contributed by atoms with Crippen molar-refractivity contribution in [2.24, 2.45) is 0 Å². The monoisotopic (exact) mass is 395 g/mol. The van der Waals surface area contributed by atoms with Gasteiger partial charge in [0.1, 0.15) is 6.04 Å². The normalized spacial score (nSPS) is 20.1. The summed E-state index contributed by atoms with van der Waals surface area (Å²) in [6.07, 6.45) is 1.41. The molecule has 0 aromatic heterocycles. The molecule has 1 saturated carbocycles. The summed E-state index contributed by atoms with van der Waals surface area (Å²) in [5, 5.41) is 2.62. The predicted molar refractivity (Wildman–Crippen MR) is 94.3 cm³/mol. The van der Waals surface area contributed by atoms with Crippen molar-refractivity contribution in [2.75, 3.05) is 20.2 Å². The van der Waals surface area contributed by atoms with Gasteiger partial charge in [-0.2, -0.15) is 0 Å². The number of ether oxygens (including phenoxy) is 1. The van der Waals surface area contributed by atoms with Crippen molar-refractivity contribution in [2.45, 2.75) is 36.2 Å². The molecule has 2 aliphatic rings. The zero-order valence-electron chi connectivity index (χ0n) is 14.8. The topological polar surface area (TPSA) is 122 Å². The Morgan fingerprint density at radius 1 is 1.26 bits per heavy atom. The maximum Gasteiger partial charge on any atom is 0.308 e. The fourth-order valence-corrected chi connectivity index (χ4v) is 4.14. The zero-order chi connectivity index (χ0) is 19.6. The SMILES string of the molecule is COC(=O)CC1C(=O)NCCN1C(=O)c1ccc(S(=O)(=O)NC2CC2)cc1. The number of amides is 2. The van der Waals surface area contributed by atoms with Gasteiger partial charge >= 0.3 is 5.97 Å². The third kappa shape index (κ3) is 4.45. The van der Waals surface area contributed by atoms with Crippen molar-refractivity contribution in [3.8, 4) is 0 Å². The summed E-state index contributed by atoms with van der Waals surface area (Å²) in [5.74, 6) is -1.46. The number of nitrogens with zero attached hydrogens (tertiary/aromatic N) is 1. The number of carbonyl (C=O) groups excluding carboxylic acids is 3. The van der Waals surface area contributed by atoms with Crippen molar-refractivity contribution in [3.05, 3.63) is 29.8 Å². The van der Waals surface area contributed by atoms with E-state index in [9.17, 15) is 22.8 Å². The molecule has 3 rings (SSSR count). The number of hydrogen-bond donors (Lipinski definition) is 2. The van der Waals surface area contributed by atoms with Crippen molar-refractivity contribution >= 4 is 27.8 Å². The Kier molecular flexibility index (Phi) is 5.47. The summed E-state index contributed by atoms with van der Waals surface area (Å²) in [5.41, 5.74) is 0.241. The first-order valence-electron chi connectivity index (χ1n) is 8.59. The summed E-state index contributed by atoms with van der Waals surface area (Å²) in [6, 6.07) is 4.56. The van der Waals surface area contributed by atoms with Crippen molar-refractivity contribution < 1.29 is 27.5 Å². The van der Waals surface area contributed by atoms with Crippen LogP contribution >= 0.6 is 0 Å². The molecule has 2 fully saturated rings. The number of esters is 1. The number of nitrogens with one attached hydrogen (secondary N) is 2. The standard InChI is InChI=1S/C17H21N3O6S/c1-26-15(21)10-14-16(22)18-8-9-20(14)17(23)11-2-6-13(7-3-11)27(24,25)19-12-4-5-12/h2-3,6-7,12,14,19H,4-5,8-10H2,1H3,(H,18,22). The minimum absolute atomic E-state index is 0.0118. The van der Waals surface area contributed by atoms with Gasteiger partial charge in [-0.25, -0.2) is 13.1 Å². The van der Waals surface area contributed by atoms with Crippen molar-refractivity contribution in [1.29, 1.82) is 0 Å². The van der Waals surface area contributed by atoms with E-state index in [-0.39, 0.29) is 36.0 Å². The van der Waals surface area contributed by atoms with E-state index in [1.807, 2.05) is 0 Å². The molecule has 1 aliphatic carbocycles. The fraction of sp³-hybridized carbons (Fsp3) is 0.471. The maximum absolute atomic E-state index is 12.8. The smallest absolute Gasteiger partial charge is 0.308 e. The molecular weight excluding hydrogens is 374 g/mol. The average molecular weight is 395 g/mol. The van der Waals surface area contributed by atoms with Gasteiger partial charge in [0.05, 0.1) is 18.4 Å². The van der Waals surface area contributed by atoms with Crippen LogP contribution in [0.5, 0.6) is 0 Å². The number of sulfonamides is 1. The lowest BCUT2D eigenvalue weighted by Gasteiger charge is -2.34. The highest BCUT2D eigenvalue weighted by molar-refractivity contribution is 7.89. The van der Waals surface area contributed by atoms with Crippen LogP contribution in [0.1, 0.15) is 29.6 Å². The minimum Gasteiger partial charge on any atom is -0.469 e. The van der Waals surface area contributed by atoms with E-state index in [1.165, 1.54) is 36.3 Å². The quantitative estimate of drug-likeness (QED) is 0.634. The Labute approximate surface area is 157 Å². The van der Waals surface area contributed by atoms with E-state index in [0.717, 1.165) is 12.8 Å². The number of hydrogen-bond acceptors (Lipinski definition) is 6. The van der Waals surface area contributed by atoms with E-state index in [0.29, 0.717) is 0 Å². The van der Waals surface area contributed by atoms with Crippen LogP contribution < -0.4 is 10.0 Å². The van der Waals surface area contributed by atoms with Gasteiger partial charge in [-0.3, -0.25) is 14.4 Å². The molecule has 0 radical (unpaired) electrons. The molecule has 1 aliphatic heterocycles. The van der Waals surface area contributed by atoms with Gasteiger partial charge in [0, 0.05) is 24.7 Å². The average Bonchev–Trinajstić information content (AvgIpc) is 3.46. The first kappa shape index (κ1) is 19.3. The molecular formula is C17H21N3O6S. The highest BCUT2D eigenvalue weighted by atomic mass is 32.2. The molecule has 2 amide bonds. The van der Waals surface area contributed by atoms with Gasteiger partial charge in [0.25, 0.3) is 5.91 Å². The third-order valence-electron chi connectivity index (χ3n) is 4.49. The van der Waals surface area contributed by atoms with Crippen LogP contribution in [0.25, 0.3) is 0 Å².